The van der Waals surface area contributed by atoms with Gasteiger partial charge in [-0.25, -0.2) is 0 Å². The van der Waals surface area contributed by atoms with E-state index in [2.05, 4.69) is 46.0 Å². The van der Waals surface area contributed by atoms with Crippen LogP contribution in [-0.4, -0.2) is 12.1 Å². The number of rotatable bonds is 5. The summed E-state index contributed by atoms with van der Waals surface area (Å²) < 4.78 is 0.892. The van der Waals surface area contributed by atoms with Crippen molar-refractivity contribution >= 4 is 22.9 Å². The third-order valence-electron chi connectivity index (χ3n) is 2.74. The molecule has 98 valence electrons. The molecular formula is C14H24ClNS. The third kappa shape index (κ3) is 6.44. The van der Waals surface area contributed by atoms with Crippen molar-refractivity contribution in [3.8, 4) is 0 Å². The smallest absolute Gasteiger partial charge is 0.0931 e. The van der Waals surface area contributed by atoms with E-state index < -0.39 is 0 Å². The van der Waals surface area contributed by atoms with Gasteiger partial charge in [-0.15, -0.1) is 11.3 Å². The molecule has 0 spiro atoms. The molecule has 0 aliphatic rings. The number of hydrogen-bond acceptors (Lipinski definition) is 2. The summed E-state index contributed by atoms with van der Waals surface area (Å²) in [6, 6.07) is 4.14. The van der Waals surface area contributed by atoms with Gasteiger partial charge in [-0.2, -0.15) is 0 Å². The lowest BCUT2D eigenvalue weighted by Gasteiger charge is -2.27. The second kappa shape index (κ2) is 5.73. The van der Waals surface area contributed by atoms with Crippen LogP contribution in [0.25, 0.3) is 0 Å². The lowest BCUT2D eigenvalue weighted by Crippen LogP contribution is -2.38. The highest BCUT2D eigenvalue weighted by atomic mass is 35.5. The fourth-order valence-electron chi connectivity index (χ4n) is 1.78. The molecule has 0 bridgehead atoms. The van der Waals surface area contributed by atoms with E-state index in [0.29, 0.717) is 5.41 Å². The van der Waals surface area contributed by atoms with Crippen LogP contribution in [0, 0.1) is 5.41 Å². The summed E-state index contributed by atoms with van der Waals surface area (Å²) in [5.74, 6) is 0. The van der Waals surface area contributed by atoms with Gasteiger partial charge >= 0.3 is 0 Å². The summed E-state index contributed by atoms with van der Waals surface area (Å²) in [5.41, 5.74) is 0.536. The Bertz CT molecular complexity index is 349. The molecule has 3 heteroatoms. The van der Waals surface area contributed by atoms with Crippen molar-refractivity contribution < 1.29 is 0 Å². The van der Waals surface area contributed by atoms with E-state index in [4.69, 9.17) is 11.6 Å². The molecule has 0 aliphatic carbocycles. The standard InChI is InChI=1S/C14H24ClNS/c1-13(2,3)16-9-8-14(4,5)10-11-6-7-12(15)17-11/h6-7,16H,8-10H2,1-5H3. The van der Waals surface area contributed by atoms with Crippen LogP contribution in [0.5, 0.6) is 0 Å². The fraction of sp³-hybridized carbons (Fsp3) is 0.714. The molecule has 1 heterocycles. The SMILES string of the molecule is CC(C)(CCNC(C)(C)C)Cc1ccc(Cl)s1. The highest BCUT2D eigenvalue weighted by Gasteiger charge is 2.20. The summed E-state index contributed by atoms with van der Waals surface area (Å²) in [6.45, 7) is 12.3. The van der Waals surface area contributed by atoms with Gasteiger partial charge in [0.15, 0.2) is 0 Å². The lowest BCUT2D eigenvalue weighted by atomic mass is 9.85. The van der Waals surface area contributed by atoms with Gasteiger partial charge in [0.1, 0.15) is 0 Å². The van der Waals surface area contributed by atoms with Crippen LogP contribution in [0.4, 0.5) is 0 Å². The maximum atomic E-state index is 5.96. The first-order valence-electron chi connectivity index (χ1n) is 6.17. The van der Waals surface area contributed by atoms with E-state index >= 15 is 0 Å². The molecule has 0 unspecified atom stereocenters. The molecule has 1 N–H and O–H groups in total. The van der Waals surface area contributed by atoms with Crippen molar-refractivity contribution in [3.05, 3.63) is 21.3 Å². The second-order valence-electron chi connectivity index (χ2n) is 6.47. The summed E-state index contributed by atoms with van der Waals surface area (Å²) in [4.78, 5) is 1.38. The van der Waals surface area contributed by atoms with Crippen molar-refractivity contribution in [2.24, 2.45) is 5.41 Å². The Kier molecular flexibility index (Phi) is 5.06. The maximum Gasteiger partial charge on any atom is 0.0931 e. The molecule has 0 saturated heterocycles. The number of hydrogen-bond donors (Lipinski definition) is 1. The Morgan fingerprint density at radius 3 is 2.29 bits per heavy atom. The number of halogens is 1. The molecular weight excluding hydrogens is 250 g/mol. The molecule has 0 fully saturated rings. The number of nitrogens with one attached hydrogen (secondary N) is 1. The number of thiophene rings is 1. The van der Waals surface area contributed by atoms with Crippen LogP contribution in [0.2, 0.25) is 4.34 Å². The van der Waals surface area contributed by atoms with Gasteiger partial charge in [0, 0.05) is 10.4 Å². The van der Waals surface area contributed by atoms with Crippen LogP contribution >= 0.6 is 22.9 Å². The molecule has 1 aromatic rings. The zero-order valence-electron chi connectivity index (χ0n) is 11.6. The first-order chi connectivity index (χ1) is 7.68. The molecule has 0 atom stereocenters. The first kappa shape index (κ1) is 15.0. The molecule has 17 heavy (non-hydrogen) atoms. The molecule has 1 nitrogen and oxygen atoms in total. The largest absolute Gasteiger partial charge is 0.312 e. The Balaban J connectivity index is 2.41. The molecule has 0 saturated carbocycles. The van der Waals surface area contributed by atoms with Crippen LogP contribution < -0.4 is 5.32 Å². The minimum atomic E-state index is 0.211. The average molecular weight is 274 g/mol. The Labute approximate surface area is 115 Å². The minimum absolute atomic E-state index is 0.211. The summed E-state index contributed by atoms with van der Waals surface area (Å²) in [5, 5.41) is 3.55. The highest BCUT2D eigenvalue weighted by molar-refractivity contribution is 7.16. The molecule has 0 amide bonds. The monoisotopic (exact) mass is 273 g/mol. The van der Waals surface area contributed by atoms with Gasteiger partial charge in [0.05, 0.1) is 4.34 Å². The van der Waals surface area contributed by atoms with Crippen molar-refractivity contribution in [2.75, 3.05) is 6.54 Å². The van der Waals surface area contributed by atoms with Crippen molar-refractivity contribution in [2.45, 2.75) is 53.0 Å². The van der Waals surface area contributed by atoms with Crippen LogP contribution in [0.1, 0.15) is 45.9 Å². The molecule has 0 radical (unpaired) electrons. The predicted molar refractivity (Wildman–Crippen MR) is 79.2 cm³/mol. The lowest BCUT2D eigenvalue weighted by molar-refractivity contribution is 0.304. The van der Waals surface area contributed by atoms with Gasteiger partial charge in [0.2, 0.25) is 0 Å². The van der Waals surface area contributed by atoms with E-state index in [1.807, 2.05) is 6.07 Å². The highest BCUT2D eigenvalue weighted by Crippen LogP contribution is 2.31. The first-order valence-corrected chi connectivity index (χ1v) is 7.37. The quantitative estimate of drug-likeness (QED) is 0.816. The van der Waals surface area contributed by atoms with Crippen molar-refractivity contribution in [1.29, 1.82) is 0 Å². The van der Waals surface area contributed by atoms with Crippen molar-refractivity contribution in [3.63, 3.8) is 0 Å². The van der Waals surface area contributed by atoms with E-state index in [1.54, 1.807) is 11.3 Å². The molecule has 1 rings (SSSR count). The van der Waals surface area contributed by atoms with Crippen molar-refractivity contribution in [1.82, 2.24) is 5.32 Å². The van der Waals surface area contributed by atoms with Gasteiger partial charge in [-0.1, -0.05) is 25.4 Å². The maximum absolute atomic E-state index is 5.96. The summed E-state index contributed by atoms with van der Waals surface area (Å²) in [6.07, 6.45) is 2.29. The van der Waals surface area contributed by atoms with E-state index in [0.717, 1.165) is 17.3 Å². The summed E-state index contributed by atoms with van der Waals surface area (Å²) in [7, 11) is 0. The topological polar surface area (TPSA) is 12.0 Å². The Hall–Kier alpha value is -0.0500. The average Bonchev–Trinajstić information content (AvgIpc) is 2.47. The zero-order valence-corrected chi connectivity index (χ0v) is 13.1. The Morgan fingerprint density at radius 2 is 1.82 bits per heavy atom. The summed E-state index contributed by atoms with van der Waals surface area (Å²) >= 11 is 7.66. The van der Waals surface area contributed by atoms with Gasteiger partial charge in [0.25, 0.3) is 0 Å². The second-order valence-corrected chi connectivity index (χ2v) is 8.27. The van der Waals surface area contributed by atoms with Gasteiger partial charge in [-0.3, -0.25) is 0 Å². The minimum Gasteiger partial charge on any atom is -0.312 e. The van der Waals surface area contributed by atoms with Gasteiger partial charge in [-0.05, 0) is 57.7 Å². The molecule has 0 aromatic carbocycles. The van der Waals surface area contributed by atoms with E-state index in [1.165, 1.54) is 11.3 Å². The van der Waals surface area contributed by atoms with Gasteiger partial charge < -0.3 is 5.32 Å². The Morgan fingerprint density at radius 1 is 1.18 bits per heavy atom. The fourth-order valence-corrected chi connectivity index (χ4v) is 3.13. The van der Waals surface area contributed by atoms with Crippen LogP contribution in [-0.2, 0) is 6.42 Å². The molecule has 1 aromatic heterocycles. The van der Waals surface area contributed by atoms with E-state index in [9.17, 15) is 0 Å². The molecule has 0 aliphatic heterocycles. The predicted octanol–water partition coefficient (Wildman–Crippen LogP) is 4.75. The van der Waals surface area contributed by atoms with E-state index in [-0.39, 0.29) is 5.54 Å². The zero-order chi connectivity index (χ0) is 13.1. The third-order valence-corrected chi connectivity index (χ3v) is 3.97. The van der Waals surface area contributed by atoms with Crippen LogP contribution in [0.15, 0.2) is 12.1 Å². The normalized spacial score (nSPS) is 13.1. The van der Waals surface area contributed by atoms with Crippen LogP contribution in [0.3, 0.4) is 0 Å².